The molecule has 6 nitrogen and oxygen atoms in total. The summed E-state index contributed by atoms with van der Waals surface area (Å²) in [4.78, 5) is 24.8. The molecule has 1 aliphatic rings. The second-order valence-electron chi connectivity index (χ2n) is 7.20. The molecule has 1 unspecified atom stereocenters. The molecule has 2 N–H and O–H groups in total. The zero-order valence-corrected chi connectivity index (χ0v) is 16.8. The summed E-state index contributed by atoms with van der Waals surface area (Å²) in [6, 6.07) is 14.8. The van der Waals surface area contributed by atoms with Crippen LogP contribution in [0.3, 0.4) is 0 Å². The van der Waals surface area contributed by atoms with Gasteiger partial charge in [-0.1, -0.05) is 29.8 Å². The molecule has 0 aromatic heterocycles. The molecule has 1 fully saturated rings. The van der Waals surface area contributed by atoms with E-state index in [9.17, 15) is 9.59 Å². The van der Waals surface area contributed by atoms with E-state index in [-0.39, 0.29) is 17.9 Å². The number of anilines is 1. The monoisotopic (exact) mass is 396 g/mol. The third-order valence-electron chi connectivity index (χ3n) is 4.80. The average Bonchev–Trinajstić information content (AvgIpc) is 3.25. The topological polar surface area (TPSA) is 76.7 Å². The molecule has 2 aromatic rings. The number of benzene rings is 2. The number of carbonyl (C=O) groups is 2. The molecule has 1 atom stereocenters. The average molecular weight is 396 g/mol. The van der Waals surface area contributed by atoms with Crippen LogP contribution in [0.4, 0.5) is 5.69 Å². The van der Waals surface area contributed by atoms with Crippen LogP contribution < -0.4 is 15.4 Å². The first kappa shape index (κ1) is 20.9. The van der Waals surface area contributed by atoms with Crippen LogP contribution >= 0.6 is 0 Å². The number of rotatable bonds is 9. The molecule has 0 bridgehead atoms. The van der Waals surface area contributed by atoms with Gasteiger partial charge in [-0.3, -0.25) is 9.59 Å². The first-order valence-corrected chi connectivity index (χ1v) is 10.1. The van der Waals surface area contributed by atoms with Crippen LogP contribution in [0.5, 0.6) is 5.75 Å². The second-order valence-corrected chi connectivity index (χ2v) is 7.20. The summed E-state index contributed by atoms with van der Waals surface area (Å²) in [5.74, 6) is 0.445. The van der Waals surface area contributed by atoms with Crippen LogP contribution in [0, 0.1) is 6.92 Å². The molecule has 2 aromatic carbocycles. The van der Waals surface area contributed by atoms with Gasteiger partial charge >= 0.3 is 0 Å². The summed E-state index contributed by atoms with van der Waals surface area (Å²) in [6.07, 6.45) is 2.98. The fraction of sp³-hybridized carbons (Fsp3) is 0.391. The molecule has 0 radical (unpaired) electrons. The van der Waals surface area contributed by atoms with E-state index < -0.39 is 0 Å². The zero-order chi connectivity index (χ0) is 20.5. The third kappa shape index (κ3) is 6.61. The normalized spacial score (nSPS) is 15.7. The Morgan fingerprint density at radius 2 is 1.93 bits per heavy atom. The summed E-state index contributed by atoms with van der Waals surface area (Å²) >= 11 is 0. The van der Waals surface area contributed by atoms with E-state index in [2.05, 4.69) is 10.6 Å². The highest BCUT2D eigenvalue weighted by Gasteiger charge is 2.18. The summed E-state index contributed by atoms with van der Waals surface area (Å²) in [7, 11) is 0. The smallest absolute Gasteiger partial charge is 0.253 e. The maximum absolute atomic E-state index is 12.5. The SMILES string of the molecule is Cc1ccc(OCCCC(=O)Nc2ccccc2C(=O)NCC2CCCO2)cc1. The standard InChI is InChI=1S/C23H28N2O4/c1-17-10-12-18(13-11-17)28-15-5-9-22(26)25-21-8-3-2-7-20(21)23(27)24-16-19-6-4-14-29-19/h2-3,7-8,10-13,19H,4-6,9,14-16H2,1H3,(H,24,27)(H,25,26). The summed E-state index contributed by atoms with van der Waals surface area (Å²) in [5, 5.41) is 5.73. The van der Waals surface area contributed by atoms with Crippen molar-refractivity contribution in [1.82, 2.24) is 5.32 Å². The van der Waals surface area contributed by atoms with Crippen molar-refractivity contribution in [2.24, 2.45) is 0 Å². The van der Waals surface area contributed by atoms with E-state index in [0.29, 0.717) is 37.2 Å². The van der Waals surface area contributed by atoms with Crippen molar-refractivity contribution in [3.63, 3.8) is 0 Å². The minimum atomic E-state index is -0.209. The fourth-order valence-electron chi connectivity index (χ4n) is 3.17. The molecule has 0 spiro atoms. The van der Waals surface area contributed by atoms with Gasteiger partial charge in [-0.2, -0.15) is 0 Å². The van der Waals surface area contributed by atoms with Gasteiger partial charge in [0.05, 0.1) is 24.0 Å². The number of ether oxygens (including phenoxy) is 2. The van der Waals surface area contributed by atoms with Crippen LogP contribution in [0.15, 0.2) is 48.5 Å². The Kier molecular flexibility index (Phi) is 7.64. The Morgan fingerprint density at radius 3 is 2.69 bits per heavy atom. The highest BCUT2D eigenvalue weighted by atomic mass is 16.5. The highest BCUT2D eigenvalue weighted by molar-refractivity contribution is 6.03. The zero-order valence-electron chi connectivity index (χ0n) is 16.8. The number of hydrogen-bond acceptors (Lipinski definition) is 4. The maximum Gasteiger partial charge on any atom is 0.253 e. The number of nitrogens with one attached hydrogen (secondary N) is 2. The number of aryl methyl sites for hydroxylation is 1. The largest absolute Gasteiger partial charge is 0.494 e. The van der Waals surface area contributed by atoms with Crippen molar-refractivity contribution >= 4 is 17.5 Å². The van der Waals surface area contributed by atoms with E-state index in [1.807, 2.05) is 31.2 Å². The highest BCUT2D eigenvalue weighted by Crippen LogP contribution is 2.17. The molecule has 3 rings (SSSR count). The van der Waals surface area contributed by atoms with Crippen molar-refractivity contribution in [1.29, 1.82) is 0 Å². The molecule has 1 saturated heterocycles. The predicted octanol–water partition coefficient (Wildman–Crippen LogP) is 3.70. The molecule has 1 heterocycles. The summed E-state index contributed by atoms with van der Waals surface area (Å²) < 4.78 is 11.2. The predicted molar refractivity (Wildman–Crippen MR) is 112 cm³/mol. The van der Waals surface area contributed by atoms with Gasteiger partial charge in [0.25, 0.3) is 5.91 Å². The van der Waals surface area contributed by atoms with Crippen LogP contribution in [0.2, 0.25) is 0 Å². The quantitative estimate of drug-likeness (QED) is 0.634. The summed E-state index contributed by atoms with van der Waals surface area (Å²) in [6.45, 7) is 3.72. The minimum Gasteiger partial charge on any atom is -0.494 e. The Morgan fingerprint density at radius 1 is 1.14 bits per heavy atom. The van der Waals surface area contributed by atoms with Gasteiger partial charge in [0.2, 0.25) is 5.91 Å². The van der Waals surface area contributed by atoms with Crippen molar-refractivity contribution in [3.05, 3.63) is 59.7 Å². The molecule has 2 amide bonds. The van der Waals surface area contributed by atoms with Crippen molar-refractivity contribution in [3.8, 4) is 5.75 Å². The van der Waals surface area contributed by atoms with E-state index >= 15 is 0 Å². The first-order valence-electron chi connectivity index (χ1n) is 10.1. The van der Waals surface area contributed by atoms with E-state index in [1.165, 1.54) is 5.56 Å². The minimum absolute atomic E-state index is 0.0780. The van der Waals surface area contributed by atoms with E-state index in [1.54, 1.807) is 24.3 Å². The Bertz CT molecular complexity index is 814. The van der Waals surface area contributed by atoms with Gasteiger partial charge in [0.15, 0.2) is 0 Å². The molecule has 0 saturated carbocycles. The molecule has 0 aliphatic carbocycles. The van der Waals surface area contributed by atoms with Gasteiger partial charge < -0.3 is 20.1 Å². The molecule has 29 heavy (non-hydrogen) atoms. The summed E-state index contributed by atoms with van der Waals surface area (Å²) in [5.41, 5.74) is 2.15. The van der Waals surface area contributed by atoms with Gasteiger partial charge in [0, 0.05) is 19.6 Å². The van der Waals surface area contributed by atoms with Crippen LogP contribution in [-0.2, 0) is 9.53 Å². The lowest BCUT2D eigenvalue weighted by Gasteiger charge is -2.14. The van der Waals surface area contributed by atoms with Crippen molar-refractivity contribution in [2.45, 2.75) is 38.7 Å². The molecular weight excluding hydrogens is 368 g/mol. The Hall–Kier alpha value is -2.86. The van der Waals surface area contributed by atoms with Gasteiger partial charge in [-0.15, -0.1) is 0 Å². The van der Waals surface area contributed by atoms with Gasteiger partial charge in [0.1, 0.15) is 5.75 Å². The molecule has 1 aliphatic heterocycles. The van der Waals surface area contributed by atoms with Crippen LogP contribution in [0.25, 0.3) is 0 Å². The van der Waals surface area contributed by atoms with Crippen LogP contribution in [-0.4, -0.2) is 37.7 Å². The second kappa shape index (κ2) is 10.6. The molecular formula is C23H28N2O4. The first-order chi connectivity index (χ1) is 14.1. The molecule has 154 valence electrons. The van der Waals surface area contributed by atoms with E-state index in [0.717, 1.165) is 25.2 Å². The Balaban J connectivity index is 1.44. The maximum atomic E-state index is 12.5. The van der Waals surface area contributed by atoms with Crippen molar-refractivity contribution in [2.75, 3.05) is 25.1 Å². The lowest BCUT2D eigenvalue weighted by molar-refractivity contribution is -0.116. The van der Waals surface area contributed by atoms with Gasteiger partial charge in [-0.05, 0) is 50.5 Å². The Labute approximate surface area is 171 Å². The van der Waals surface area contributed by atoms with E-state index in [4.69, 9.17) is 9.47 Å². The van der Waals surface area contributed by atoms with Gasteiger partial charge in [-0.25, -0.2) is 0 Å². The number of para-hydroxylation sites is 1. The number of amides is 2. The molecule has 6 heteroatoms. The number of carbonyl (C=O) groups excluding carboxylic acids is 2. The van der Waals surface area contributed by atoms with Crippen molar-refractivity contribution < 1.29 is 19.1 Å². The fourth-order valence-corrected chi connectivity index (χ4v) is 3.17. The van der Waals surface area contributed by atoms with Crippen LogP contribution in [0.1, 0.15) is 41.6 Å². The lowest BCUT2D eigenvalue weighted by Crippen LogP contribution is -2.32. The lowest BCUT2D eigenvalue weighted by atomic mass is 10.1. The number of hydrogen-bond donors (Lipinski definition) is 2. The third-order valence-corrected chi connectivity index (χ3v) is 4.80.